The van der Waals surface area contributed by atoms with Crippen molar-refractivity contribution in [2.75, 3.05) is 0 Å². The Morgan fingerprint density at radius 2 is 1.86 bits per heavy atom. The van der Waals surface area contributed by atoms with Gasteiger partial charge in [-0.15, -0.1) is 15.3 Å². The van der Waals surface area contributed by atoms with E-state index < -0.39 is 0 Å². The summed E-state index contributed by atoms with van der Waals surface area (Å²) in [6, 6.07) is 19.3. The van der Waals surface area contributed by atoms with Crippen LogP contribution >= 0.6 is 0 Å². The molecule has 0 unspecified atom stereocenters. The van der Waals surface area contributed by atoms with Crippen molar-refractivity contribution in [3.05, 3.63) is 78.3 Å². The number of nitrogens with zero attached hydrogens (tertiary/aromatic N) is 6. The summed E-state index contributed by atoms with van der Waals surface area (Å²) in [7, 11) is 0. The van der Waals surface area contributed by atoms with Crippen LogP contribution in [0.25, 0.3) is 28.3 Å². The Hall–Kier alpha value is -4.07. The van der Waals surface area contributed by atoms with Crippen LogP contribution in [0.3, 0.4) is 0 Å². The zero-order valence-electron chi connectivity index (χ0n) is 15.6. The number of pyridine rings is 1. The predicted molar refractivity (Wildman–Crippen MR) is 105 cm³/mol. The van der Waals surface area contributed by atoms with E-state index in [1.807, 2.05) is 61.5 Å². The Morgan fingerprint density at radius 3 is 2.62 bits per heavy atom. The number of rotatable bonds is 5. The summed E-state index contributed by atoms with van der Waals surface area (Å²) in [6.45, 7) is 2.11. The number of aromatic nitrogens is 6. The Morgan fingerprint density at radius 1 is 1.00 bits per heavy atom. The van der Waals surface area contributed by atoms with Gasteiger partial charge in [-0.2, -0.15) is 4.52 Å². The van der Waals surface area contributed by atoms with Gasteiger partial charge in [-0.25, -0.2) is 0 Å². The zero-order valence-corrected chi connectivity index (χ0v) is 15.6. The third-order valence-corrected chi connectivity index (χ3v) is 4.38. The van der Waals surface area contributed by atoms with E-state index in [2.05, 4.69) is 25.4 Å². The van der Waals surface area contributed by atoms with Crippen molar-refractivity contribution >= 4 is 5.65 Å². The van der Waals surface area contributed by atoms with E-state index in [9.17, 15) is 0 Å². The lowest BCUT2D eigenvalue weighted by Crippen LogP contribution is -2.05. The second kappa shape index (κ2) is 7.16. The first-order valence-electron chi connectivity index (χ1n) is 9.06. The van der Waals surface area contributed by atoms with E-state index in [0.717, 1.165) is 16.8 Å². The van der Waals surface area contributed by atoms with Crippen LogP contribution in [-0.4, -0.2) is 30.0 Å². The average Bonchev–Trinajstić information content (AvgIpc) is 3.38. The Kier molecular flexibility index (Phi) is 4.21. The maximum absolute atomic E-state index is 6.06. The second-order valence-corrected chi connectivity index (χ2v) is 6.46. The summed E-state index contributed by atoms with van der Waals surface area (Å²) in [5.41, 5.74) is 3.75. The molecule has 0 aliphatic rings. The lowest BCUT2D eigenvalue weighted by molar-refractivity contribution is 0.286. The maximum atomic E-state index is 6.06. The highest BCUT2D eigenvalue weighted by Crippen LogP contribution is 2.30. The number of aryl methyl sites for hydroxylation is 1. The first kappa shape index (κ1) is 17.1. The van der Waals surface area contributed by atoms with Crippen LogP contribution in [0, 0.1) is 6.92 Å². The summed E-state index contributed by atoms with van der Waals surface area (Å²) in [6.07, 6.45) is 1.73. The molecule has 0 radical (unpaired) electrons. The van der Waals surface area contributed by atoms with Crippen molar-refractivity contribution in [1.82, 2.24) is 30.0 Å². The standard InChI is InChI=1S/C21H16N6O2/c1-14-11-18(26-29-14)20-24-23-19-12-17(15-7-3-2-4-8-15)21(25-27(19)20)28-13-16-9-5-6-10-22-16/h2-12H,13H2,1H3. The molecule has 142 valence electrons. The van der Waals surface area contributed by atoms with Crippen molar-refractivity contribution in [3.63, 3.8) is 0 Å². The van der Waals surface area contributed by atoms with E-state index >= 15 is 0 Å². The van der Waals surface area contributed by atoms with Crippen molar-refractivity contribution in [1.29, 1.82) is 0 Å². The zero-order chi connectivity index (χ0) is 19.6. The monoisotopic (exact) mass is 384 g/mol. The molecule has 0 saturated heterocycles. The summed E-state index contributed by atoms with van der Waals surface area (Å²) in [5.74, 6) is 1.62. The van der Waals surface area contributed by atoms with Gasteiger partial charge in [0.1, 0.15) is 12.4 Å². The number of ether oxygens (including phenoxy) is 1. The van der Waals surface area contributed by atoms with Crippen LogP contribution in [0.5, 0.6) is 5.88 Å². The van der Waals surface area contributed by atoms with Gasteiger partial charge < -0.3 is 9.26 Å². The number of benzene rings is 1. The smallest absolute Gasteiger partial charge is 0.240 e. The molecule has 0 N–H and O–H groups in total. The normalized spacial score (nSPS) is 11.1. The van der Waals surface area contributed by atoms with E-state index in [1.54, 1.807) is 16.8 Å². The van der Waals surface area contributed by atoms with Crippen molar-refractivity contribution in [3.8, 4) is 28.5 Å². The van der Waals surface area contributed by atoms with Gasteiger partial charge in [-0.05, 0) is 30.7 Å². The third kappa shape index (κ3) is 3.31. The molecule has 0 fully saturated rings. The highest BCUT2D eigenvalue weighted by molar-refractivity contribution is 5.72. The fraction of sp³-hybridized carbons (Fsp3) is 0.0952. The van der Waals surface area contributed by atoms with Gasteiger partial charge in [0.05, 0.1) is 5.69 Å². The Balaban J connectivity index is 1.62. The molecular weight excluding hydrogens is 368 g/mol. The van der Waals surface area contributed by atoms with Crippen molar-refractivity contribution in [2.45, 2.75) is 13.5 Å². The molecule has 8 heteroatoms. The Bertz CT molecular complexity index is 1260. The molecular formula is C21H16N6O2. The van der Waals surface area contributed by atoms with E-state index in [-0.39, 0.29) is 0 Å². The molecule has 0 atom stereocenters. The van der Waals surface area contributed by atoms with Crippen LogP contribution in [0.15, 0.2) is 71.4 Å². The molecule has 4 aromatic heterocycles. The highest BCUT2D eigenvalue weighted by Gasteiger charge is 2.18. The third-order valence-electron chi connectivity index (χ3n) is 4.38. The van der Waals surface area contributed by atoms with E-state index in [0.29, 0.717) is 35.4 Å². The van der Waals surface area contributed by atoms with Gasteiger partial charge in [0, 0.05) is 17.8 Å². The minimum absolute atomic E-state index is 0.291. The van der Waals surface area contributed by atoms with E-state index in [4.69, 9.17) is 9.26 Å². The minimum atomic E-state index is 0.291. The lowest BCUT2D eigenvalue weighted by Gasteiger charge is -2.11. The van der Waals surface area contributed by atoms with Crippen LogP contribution in [0.1, 0.15) is 11.5 Å². The van der Waals surface area contributed by atoms with E-state index in [1.165, 1.54) is 0 Å². The summed E-state index contributed by atoms with van der Waals surface area (Å²) >= 11 is 0. The van der Waals surface area contributed by atoms with Gasteiger partial charge in [0.2, 0.25) is 11.7 Å². The van der Waals surface area contributed by atoms with Crippen LogP contribution in [-0.2, 0) is 6.61 Å². The molecule has 5 rings (SSSR count). The molecule has 4 heterocycles. The van der Waals surface area contributed by atoms with Gasteiger partial charge >= 0.3 is 0 Å². The largest absolute Gasteiger partial charge is 0.470 e. The predicted octanol–water partition coefficient (Wildman–Crippen LogP) is 3.73. The lowest BCUT2D eigenvalue weighted by atomic mass is 10.1. The van der Waals surface area contributed by atoms with Gasteiger partial charge in [-0.3, -0.25) is 4.98 Å². The molecule has 1 aromatic carbocycles. The molecule has 8 nitrogen and oxygen atoms in total. The van der Waals surface area contributed by atoms with Gasteiger partial charge in [-0.1, -0.05) is 41.6 Å². The van der Waals surface area contributed by atoms with Crippen molar-refractivity contribution in [2.24, 2.45) is 0 Å². The van der Waals surface area contributed by atoms with Gasteiger partial charge in [0.25, 0.3) is 0 Å². The number of hydrogen-bond acceptors (Lipinski definition) is 7. The molecule has 0 spiro atoms. The topological polar surface area (TPSA) is 91.2 Å². The fourth-order valence-electron chi connectivity index (χ4n) is 3.00. The summed E-state index contributed by atoms with van der Waals surface area (Å²) in [5, 5.41) is 17.2. The summed E-state index contributed by atoms with van der Waals surface area (Å²) < 4.78 is 12.8. The molecule has 0 aliphatic heterocycles. The van der Waals surface area contributed by atoms with Crippen LogP contribution in [0.4, 0.5) is 0 Å². The van der Waals surface area contributed by atoms with Crippen molar-refractivity contribution < 1.29 is 9.26 Å². The average molecular weight is 384 g/mol. The first-order valence-corrected chi connectivity index (χ1v) is 9.06. The quantitative estimate of drug-likeness (QED) is 0.456. The van der Waals surface area contributed by atoms with Crippen LogP contribution < -0.4 is 4.74 Å². The second-order valence-electron chi connectivity index (χ2n) is 6.46. The molecule has 29 heavy (non-hydrogen) atoms. The molecule has 0 bridgehead atoms. The molecule has 0 aliphatic carbocycles. The van der Waals surface area contributed by atoms with Crippen LogP contribution in [0.2, 0.25) is 0 Å². The minimum Gasteiger partial charge on any atom is -0.470 e. The van der Waals surface area contributed by atoms with Gasteiger partial charge in [0.15, 0.2) is 11.3 Å². The first-order chi connectivity index (χ1) is 14.3. The highest BCUT2D eigenvalue weighted by atomic mass is 16.5. The molecule has 0 amide bonds. The fourth-order valence-corrected chi connectivity index (χ4v) is 3.00. The SMILES string of the molecule is Cc1cc(-c2nnc3cc(-c4ccccc4)c(OCc4ccccn4)nn23)no1. The molecule has 0 saturated carbocycles. The number of hydrogen-bond donors (Lipinski definition) is 0. The molecule has 5 aromatic rings. The maximum Gasteiger partial charge on any atom is 0.240 e. The number of fused-ring (bicyclic) bond motifs is 1. The Labute approximate surface area is 165 Å². The summed E-state index contributed by atoms with van der Waals surface area (Å²) in [4.78, 5) is 4.31.